The van der Waals surface area contributed by atoms with Crippen LogP contribution in [0, 0.1) is 0 Å². The zero-order valence-electron chi connectivity index (χ0n) is 10.0. The summed E-state index contributed by atoms with van der Waals surface area (Å²) in [7, 11) is -4.32. The predicted molar refractivity (Wildman–Crippen MR) is 55.5 cm³/mol. The minimum Gasteiger partial charge on any atom is -0.748 e. The van der Waals surface area contributed by atoms with Gasteiger partial charge in [0.2, 0.25) is 0 Å². The van der Waals surface area contributed by atoms with E-state index >= 15 is 0 Å². The quantitative estimate of drug-likeness (QED) is 0.282. The Hall–Kier alpha value is 0.830. The summed E-state index contributed by atoms with van der Waals surface area (Å²) in [6, 6.07) is 0. The Labute approximate surface area is 120 Å². The molecule has 0 saturated carbocycles. The molecule has 92 valence electrons. The number of unbranched alkanes of at least 4 members (excludes halogenated alkanes) is 3. The third-order valence-corrected chi connectivity index (χ3v) is 2.73. The summed E-state index contributed by atoms with van der Waals surface area (Å²) < 4.78 is 36.3. The first-order chi connectivity index (χ1) is 6.99. The second kappa shape index (κ2) is 11.0. The maximum Gasteiger partial charge on any atom is 1.00 e. The Morgan fingerprint density at radius 1 is 1.31 bits per heavy atom. The molecule has 16 heavy (non-hydrogen) atoms. The number of aliphatic hydroxyl groups excluding tert-OH is 1. The van der Waals surface area contributed by atoms with Gasteiger partial charge in [0.25, 0.3) is 0 Å². The van der Waals surface area contributed by atoms with Crippen LogP contribution in [0.1, 0.15) is 32.6 Å². The summed E-state index contributed by atoms with van der Waals surface area (Å²) in [4.78, 5) is 0. The molecule has 0 aromatic rings. The van der Waals surface area contributed by atoms with E-state index in [-0.39, 0.29) is 29.6 Å². The van der Waals surface area contributed by atoms with Crippen molar-refractivity contribution in [3.63, 3.8) is 0 Å². The molecule has 0 saturated heterocycles. The molecule has 0 aromatic carbocycles. The molecule has 1 N–H and O–H groups in total. The Morgan fingerprint density at radius 2 is 1.94 bits per heavy atom. The van der Waals surface area contributed by atoms with E-state index in [1.54, 1.807) is 0 Å². The molecule has 0 fully saturated rings. The molecule has 5 nitrogen and oxygen atoms in total. The van der Waals surface area contributed by atoms with Crippen LogP contribution in [0.5, 0.6) is 0 Å². The molecule has 1 atom stereocenters. The Kier molecular flexibility index (Phi) is 13.1. The molecule has 0 heterocycles. The molecule has 0 rings (SSSR count). The molecule has 7 heteroatoms. The molecule has 0 aliphatic carbocycles. The van der Waals surface area contributed by atoms with Crippen molar-refractivity contribution in [2.24, 2.45) is 0 Å². The molecule has 0 aromatic heterocycles. The van der Waals surface area contributed by atoms with Gasteiger partial charge in [0.15, 0.2) is 0 Å². The normalized spacial score (nSPS) is 13.2. The van der Waals surface area contributed by atoms with Gasteiger partial charge in [-0.15, -0.1) is 0 Å². The summed E-state index contributed by atoms with van der Waals surface area (Å²) in [5.74, 6) is -0.655. The van der Waals surface area contributed by atoms with E-state index in [1.165, 1.54) is 0 Å². The van der Waals surface area contributed by atoms with Crippen LogP contribution in [0.25, 0.3) is 0 Å². The monoisotopic (exact) mass is 262 g/mol. The maximum absolute atomic E-state index is 10.4. The first-order valence-corrected chi connectivity index (χ1v) is 6.73. The zero-order chi connectivity index (χ0) is 11.7. The fourth-order valence-corrected chi connectivity index (χ4v) is 1.82. The number of aliphatic hydroxyl groups is 1. The van der Waals surface area contributed by atoms with Crippen molar-refractivity contribution in [3.05, 3.63) is 0 Å². The molecule has 0 aliphatic rings. The van der Waals surface area contributed by atoms with E-state index in [1.807, 2.05) is 0 Å². The van der Waals surface area contributed by atoms with Crippen LogP contribution < -0.4 is 29.6 Å². The summed E-state index contributed by atoms with van der Waals surface area (Å²) in [6.07, 6.45) is 3.17. The number of hydrogen-bond acceptors (Lipinski definition) is 5. The van der Waals surface area contributed by atoms with Crippen molar-refractivity contribution in [2.45, 2.75) is 38.7 Å². The van der Waals surface area contributed by atoms with E-state index < -0.39 is 28.6 Å². The largest absolute Gasteiger partial charge is 1.00 e. The first-order valence-electron chi connectivity index (χ1n) is 5.15. The standard InChI is InChI=1S/C9H20O5S.Na/c1-2-3-4-5-6-14-9(7-10)8-15(11,12)13;/h9-10H,2-8H2,1H3,(H,11,12,13);/q;+1/p-1. The van der Waals surface area contributed by atoms with Crippen LogP contribution in [0.3, 0.4) is 0 Å². The summed E-state index contributed by atoms with van der Waals surface area (Å²) in [5.41, 5.74) is 0. The maximum atomic E-state index is 10.4. The Balaban J connectivity index is 0. The molecule has 0 radical (unpaired) electrons. The summed E-state index contributed by atoms with van der Waals surface area (Å²) in [5, 5.41) is 8.76. The molecule has 0 spiro atoms. The molecular weight excluding hydrogens is 243 g/mol. The number of rotatable bonds is 9. The number of hydrogen-bond donors (Lipinski definition) is 1. The van der Waals surface area contributed by atoms with Crippen LogP contribution in [-0.2, 0) is 14.9 Å². The van der Waals surface area contributed by atoms with Crippen molar-refractivity contribution >= 4 is 10.1 Å². The van der Waals surface area contributed by atoms with Crippen molar-refractivity contribution < 1.29 is 52.4 Å². The average molecular weight is 262 g/mol. The third-order valence-electron chi connectivity index (χ3n) is 1.95. The molecule has 0 aliphatic heterocycles. The Bertz CT molecular complexity index is 242. The van der Waals surface area contributed by atoms with Gasteiger partial charge < -0.3 is 14.4 Å². The Morgan fingerprint density at radius 3 is 2.38 bits per heavy atom. The van der Waals surface area contributed by atoms with Crippen LogP contribution in [0.4, 0.5) is 0 Å². The van der Waals surface area contributed by atoms with Gasteiger partial charge in [0.05, 0.1) is 28.6 Å². The fraction of sp³-hybridized carbons (Fsp3) is 1.00. The van der Waals surface area contributed by atoms with Gasteiger partial charge in [-0.2, -0.15) is 0 Å². The average Bonchev–Trinajstić information content (AvgIpc) is 2.14. The first kappa shape index (κ1) is 19.2. The molecule has 0 bridgehead atoms. The summed E-state index contributed by atoms with van der Waals surface area (Å²) >= 11 is 0. The smallest absolute Gasteiger partial charge is 0.748 e. The van der Waals surface area contributed by atoms with Gasteiger partial charge >= 0.3 is 29.6 Å². The zero-order valence-corrected chi connectivity index (χ0v) is 12.8. The van der Waals surface area contributed by atoms with Crippen molar-refractivity contribution in [2.75, 3.05) is 19.0 Å². The van der Waals surface area contributed by atoms with Crippen LogP contribution in [0.2, 0.25) is 0 Å². The van der Waals surface area contributed by atoms with Gasteiger partial charge in [0, 0.05) is 6.61 Å². The topological polar surface area (TPSA) is 86.7 Å². The van der Waals surface area contributed by atoms with Crippen LogP contribution in [0.15, 0.2) is 0 Å². The van der Waals surface area contributed by atoms with Gasteiger partial charge in [-0.1, -0.05) is 26.2 Å². The number of ether oxygens (including phenoxy) is 1. The minimum absolute atomic E-state index is 0. The second-order valence-corrected chi connectivity index (χ2v) is 4.91. The van der Waals surface area contributed by atoms with Gasteiger partial charge in [0.1, 0.15) is 0 Å². The SMILES string of the molecule is CCCCCCOC(CO)CS(=O)(=O)[O-].[Na+]. The van der Waals surface area contributed by atoms with Crippen LogP contribution in [-0.4, -0.2) is 43.1 Å². The molecule has 1 unspecified atom stereocenters. The van der Waals surface area contributed by atoms with Crippen molar-refractivity contribution in [1.29, 1.82) is 0 Å². The minimum atomic E-state index is -4.32. The molecular formula is C9H19NaO5S. The van der Waals surface area contributed by atoms with E-state index in [4.69, 9.17) is 9.84 Å². The van der Waals surface area contributed by atoms with Gasteiger partial charge in [-0.3, -0.25) is 0 Å². The van der Waals surface area contributed by atoms with E-state index in [0.29, 0.717) is 6.61 Å². The fourth-order valence-electron chi connectivity index (χ4n) is 1.16. The molecule has 0 amide bonds. The van der Waals surface area contributed by atoms with E-state index in [2.05, 4.69) is 6.92 Å². The van der Waals surface area contributed by atoms with Crippen LogP contribution >= 0.6 is 0 Å². The van der Waals surface area contributed by atoms with Gasteiger partial charge in [-0.25, -0.2) is 8.42 Å². The van der Waals surface area contributed by atoms with Crippen molar-refractivity contribution in [3.8, 4) is 0 Å². The summed E-state index contributed by atoms with van der Waals surface area (Å²) in [6.45, 7) is 2.04. The predicted octanol–water partition coefficient (Wildman–Crippen LogP) is -2.51. The van der Waals surface area contributed by atoms with E-state index in [0.717, 1.165) is 25.7 Å². The third kappa shape index (κ3) is 12.9. The van der Waals surface area contributed by atoms with E-state index in [9.17, 15) is 13.0 Å². The van der Waals surface area contributed by atoms with Gasteiger partial charge in [-0.05, 0) is 6.42 Å². The van der Waals surface area contributed by atoms with Crippen molar-refractivity contribution in [1.82, 2.24) is 0 Å². The second-order valence-electron chi connectivity index (χ2n) is 3.46.